The average Bonchev–Trinajstić information content (AvgIpc) is 2.82. The predicted octanol–water partition coefficient (Wildman–Crippen LogP) is 4.55. The molecule has 0 aromatic heterocycles. The van der Waals surface area contributed by atoms with E-state index in [4.69, 9.17) is 4.74 Å². The van der Waals surface area contributed by atoms with Gasteiger partial charge in [-0.3, -0.25) is 9.59 Å². The molecule has 0 N–H and O–H groups in total. The molecular weight excluding hydrogens is 312 g/mol. The Bertz CT molecular complexity index is 621. The fourth-order valence-corrected chi connectivity index (χ4v) is 7.48. The molecule has 0 saturated heterocycles. The Morgan fingerprint density at radius 2 is 1.92 bits per heavy atom. The summed E-state index contributed by atoms with van der Waals surface area (Å²) in [6.07, 6.45) is 8.33. The van der Waals surface area contributed by atoms with Crippen LogP contribution < -0.4 is 0 Å². The van der Waals surface area contributed by atoms with E-state index in [0.29, 0.717) is 41.3 Å². The molecule has 8 atom stereocenters. The van der Waals surface area contributed by atoms with Gasteiger partial charge in [-0.1, -0.05) is 26.3 Å². The van der Waals surface area contributed by atoms with Crippen molar-refractivity contribution >= 4 is 11.8 Å². The van der Waals surface area contributed by atoms with Crippen LogP contribution >= 0.6 is 0 Å². The second-order valence-electron chi connectivity index (χ2n) is 9.64. The Morgan fingerprint density at radius 1 is 1.16 bits per heavy atom. The molecule has 0 aromatic rings. The molecule has 3 saturated carbocycles. The molecule has 138 valence electrons. The third-order valence-corrected chi connectivity index (χ3v) is 8.16. The molecule has 0 spiro atoms. The lowest BCUT2D eigenvalue weighted by Crippen LogP contribution is -2.53. The minimum Gasteiger partial charge on any atom is -0.462 e. The number of hydrogen-bond donors (Lipinski definition) is 0. The van der Waals surface area contributed by atoms with Crippen molar-refractivity contribution in [1.29, 1.82) is 0 Å². The minimum absolute atomic E-state index is 0.0930. The quantitative estimate of drug-likeness (QED) is 0.655. The van der Waals surface area contributed by atoms with Gasteiger partial charge in [0.1, 0.15) is 6.10 Å². The SMILES string of the molecule is CC(=O)O[C@H]1CCC2C3C([C@@H](C)C[C@@]21C)[C@H]1CCC(=O)C=C1C[C@H]3C. The van der Waals surface area contributed by atoms with Crippen LogP contribution in [0.15, 0.2) is 11.6 Å². The fraction of sp³-hybridized carbons (Fsp3) is 0.818. The molecule has 4 rings (SSSR count). The van der Waals surface area contributed by atoms with E-state index in [-0.39, 0.29) is 17.5 Å². The number of ketones is 1. The number of carbonyl (C=O) groups is 2. The van der Waals surface area contributed by atoms with Gasteiger partial charge in [-0.05, 0) is 73.7 Å². The summed E-state index contributed by atoms with van der Waals surface area (Å²) in [4.78, 5) is 23.5. The maximum absolute atomic E-state index is 11.9. The van der Waals surface area contributed by atoms with E-state index in [0.717, 1.165) is 32.1 Å². The standard InChI is InChI=1S/C22H32O3/c1-12-9-15-10-16(24)5-6-17(15)20-13(2)11-22(4)18(21(12)20)7-8-19(22)25-14(3)23/h10,12-13,17-21H,5-9,11H2,1-4H3/t12-,13+,17+,18?,19+,20?,21?,22+/m1/s1. The van der Waals surface area contributed by atoms with Crippen molar-refractivity contribution in [3.8, 4) is 0 Å². The average molecular weight is 344 g/mol. The fourth-order valence-electron chi connectivity index (χ4n) is 7.48. The molecule has 3 nitrogen and oxygen atoms in total. The lowest BCUT2D eigenvalue weighted by atomic mass is 9.47. The molecule has 0 radical (unpaired) electrons. The number of allylic oxidation sites excluding steroid dienone is 1. The molecule has 3 fully saturated rings. The summed E-state index contributed by atoms with van der Waals surface area (Å²) in [5.41, 5.74) is 1.57. The first kappa shape index (κ1) is 17.3. The van der Waals surface area contributed by atoms with Crippen LogP contribution in [-0.4, -0.2) is 17.9 Å². The summed E-state index contributed by atoms with van der Waals surface area (Å²) in [6, 6.07) is 0. The van der Waals surface area contributed by atoms with Gasteiger partial charge in [-0.15, -0.1) is 0 Å². The second-order valence-corrected chi connectivity index (χ2v) is 9.64. The molecule has 3 heteroatoms. The van der Waals surface area contributed by atoms with Gasteiger partial charge in [0.25, 0.3) is 0 Å². The first-order valence-corrected chi connectivity index (χ1v) is 10.2. The highest BCUT2D eigenvalue weighted by Gasteiger charge is 2.60. The number of fused-ring (bicyclic) bond motifs is 5. The Hall–Kier alpha value is -1.12. The van der Waals surface area contributed by atoms with Crippen LogP contribution in [0.25, 0.3) is 0 Å². The minimum atomic E-state index is -0.130. The van der Waals surface area contributed by atoms with Gasteiger partial charge in [-0.25, -0.2) is 0 Å². The molecule has 4 aliphatic rings. The van der Waals surface area contributed by atoms with Crippen molar-refractivity contribution in [3.05, 3.63) is 11.6 Å². The Kier molecular flexibility index (Phi) is 4.12. The van der Waals surface area contributed by atoms with Gasteiger partial charge < -0.3 is 4.74 Å². The third-order valence-electron chi connectivity index (χ3n) is 8.16. The highest BCUT2D eigenvalue weighted by Crippen LogP contribution is 2.65. The zero-order valence-corrected chi connectivity index (χ0v) is 16.1. The van der Waals surface area contributed by atoms with Crippen molar-refractivity contribution < 1.29 is 14.3 Å². The molecule has 0 heterocycles. The smallest absolute Gasteiger partial charge is 0.302 e. The van der Waals surface area contributed by atoms with Crippen molar-refractivity contribution in [2.45, 2.75) is 72.3 Å². The largest absolute Gasteiger partial charge is 0.462 e. The van der Waals surface area contributed by atoms with E-state index in [1.807, 2.05) is 6.08 Å². The molecule has 25 heavy (non-hydrogen) atoms. The van der Waals surface area contributed by atoms with Crippen LogP contribution in [0, 0.1) is 40.9 Å². The summed E-state index contributed by atoms with van der Waals surface area (Å²) >= 11 is 0. The molecular formula is C22H32O3. The summed E-state index contributed by atoms with van der Waals surface area (Å²) in [5.74, 6) is 4.16. The summed E-state index contributed by atoms with van der Waals surface area (Å²) < 4.78 is 5.77. The molecule has 0 aliphatic heterocycles. The van der Waals surface area contributed by atoms with Crippen molar-refractivity contribution in [1.82, 2.24) is 0 Å². The van der Waals surface area contributed by atoms with E-state index in [1.165, 1.54) is 12.0 Å². The molecule has 0 bridgehead atoms. The number of rotatable bonds is 1. The predicted molar refractivity (Wildman–Crippen MR) is 96.7 cm³/mol. The third kappa shape index (κ3) is 2.61. The van der Waals surface area contributed by atoms with Crippen molar-refractivity contribution in [2.24, 2.45) is 40.9 Å². The highest BCUT2D eigenvalue weighted by molar-refractivity contribution is 5.91. The summed E-state index contributed by atoms with van der Waals surface area (Å²) in [5, 5.41) is 0. The number of esters is 1. The van der Waals surface area contributed by atoms with Gasteiger partial charge in [-0.2, -0.15) is 0 Å². The lowest BCUT2D eigenvalue weighted by molar-refractivity contribution is -0.160. The Labute approximate surface area is 151 Å². The van der Waals surface area contributed by atoms with E-state index in [1.54, 1.807) is 6.92 Å². The van der Waals surface area contributed by atoms with Crippen LogP contribution in [0.3, 0.4) is 0 Å². The van der Waals surface area contributed by atoms with Gasteiger partial charge >= 0.3 is 5.97 Å². The highest BCUT2D eigenvalue weighted by atomic mass is 16.5. The van der Waals surface area contributed by atoms with Crippen LogP contribution in [0.4, 0.5) is 0 Å². The number of carbonyl (C=O) groups excluding carboxylic acids is 2. The van der Waals surface area contributed by atoms with Crippen LogP contribution in [0.5, 0.6) is 0 Å². The number of ether oxygens (including phenoxy) is 1. The van der Waals surface area contributed by atoms with Crippen LogP contribution in [0.1, 0.15) is 66.2 Å². The van der Waals surface area contributed by atoms with Gasteiger partial charge in [0, 0.05) is 18.8 Å². The molecule has 3 unspecified atom stereocenters. The monoisotopic (exact) mass is 344 g/mol. The van der Waals surface area contributed by atoms with Crippen molar-refractivity contribution in [2.75, 3.05) is 0 Å². The Balaban J connectivity index is 1.67. The molecule has 0 aromatic carbocycles. The normalized spacial score (nSPS) is 48.9. The second kappa shape index (κ2) is 5.96. The van der Waals surface area contributed by atoms with Crippen LogP contribution in [-0.2, 0) is 14.3 Å². The maximum atomic E-state index is 11.9. The van der Waals surface area contributed by atoms with E-state index >= 15 is 0 Å². The topological polar surface area (TPSA) is 43.4 Å². The van der Waals surface area contributed by atoms with Gasteiger partial charge in [0.05, 0.1) is 0 Å². The van der Waals surface area contributed by atoms with Gasteiger partial charge in [0.2, 0.25) is 0 Å². The molecule has 4 aliphatic carbocycles. The summed E-state index contributed by atoms with van der Waals surface area (Å²) in [6.45, 7) is 8.73. The number of hydrogen-bond acceptors (Lipinski definition) is 3. The molecule has 0 amide bonds. The Morgan fingerprint density at radius 3 is 2.64 bits per heavy atom. The van der Waals surface area contributed by atoms with E-state index in [2.05, 4.69) is 20.8 Å². The maximum Gasteiger partial charge on any atom is 0.302 e. The van der Waals surface area contributed by atoms with E-state index in [9.17, 15) is 9.59 Å². The first-order valence-electron chi connectivity index (χ1n) is 10.2. The summed E-state index contributed by atoms with van der Waals surface area (Å²) in [7, 11) is 0. The van der Waals surface area contributed by atoms with E-state index < -0.39 is 0 Å². The van der Waals surface area contributed by atoms with Crippen molar-refractivity contribution in [3.63, 3.8) is 0 Å². The first-order chi connectivity index (χ1) is 11.8. The van der Waals surface area contributed by atoms with Gasteiger partial charge in [0.15, 0.2) is 5.78 Å². The zero-order chi connectivity index (χ0) is 17.9. The van der Waals surface area contributed by atoms with Crippen LogP contribution in [0.2, 0.25) is 0 Å². The zero-order valence-electron chi connectivity index (χ0n) is 16.1. The lowest BCUT2D eigenvalue weighted by Gasteiger charge is -2.58.